The molecule has 0 radical (unpaired) electrons. The highest BCUT2D eigenvalue weighted by Gasteiger charge is 2.06. The Balaban J connectivity index is 2.34. The zero-order valence-electron chi connectivity index (χ0n) is 9.05. The summed E-state index contributed by atoms with van der Waals surface area (Å²) in [5.74, 6) is -1.02. The summed E-state index contributed by atoms with van der Waals surface area (Å²) in [6.07, 6.45) is 0. The van der Waals surface area contributed by atoms with Crippen LogP contribution in [0.15, 0.2) is 36.4 Å². The van der Waals surface area contributed by atoms with Gasteiger partial charge in [0.15, 0.2) is 0 Å². The summed E-state index contributed by atoms with van der Waals surface area (Å²) < 4.78 is 25.9. The first-order valence-electron chi connectivity index (χ1n) is 5.02. The van der Waals surface area contributed by atoms with Gasteiger partial charge in [0.05, 0.1) is 16.3 Å². The van der Waals surface area contributed by atoms with Gasteiger partial charge in [-0.05, 0) is 36.4 Å². The number of benzene rings is 2. The van der Waals surface area contributed by atoms with Crippen LogP contribution in [0.1, 0.15) is 5.56 Å². The molecule has 5 heteroatoms. The summed E-state index contributed by atoms with van der Waals surface area (Å²) in [5, 5.41) is 11.7. The molecule has 0 amide bonds. The molecule has 2 aromatic rings. The summed E-state index contributed by atoms with van der Waals surface area (Å²) >= 11 is 5.64. The Morgan fingerprint density at radius 1 is 1.11 bits per heavy atom. The van der Waals surface area contributed by atoms with E-state index in [2.05, 4.69) is 5.32 Å². The molecule has 0 aliphatic carbocycles. The van der Waals surface area contributed by atoms with Gasteiger partial charge in [0.2, 0.25) is 0 Å². The minimum Gasteiger partial charge on any atom is -0.354 e. The fourth-order valence-electron chi connectivity index (χ4n) is 1.45. The van der Waals surface area contributed by atoms with Crippen LogP contribution >= 0.6 is 11.6 Å². The van der Waals surface area contributed by atoms with Crippen LogP contribution < -0.4 is 5.32 Å². The van der Waals surface area contributed by atoms with Gasteiger partial charge in [0.25, 0.3) is 0 Å². The van der Waals surface area contributed by atoms with Crippen LogP contribution in [0.3, 0.4) is 0 Å². The minimum atomic E-state index is -0.526. The quantitative estimate of drug-likeness (QED) is 0.881. The van der Waals surface area contributed by atoms with Crippen LogP contribution in [-0.2, 0) is 0 Å². The average molecular weight is 265 g/mol. The zero-order valence-corrected chi connectivity index (χ0v) is 9.80. The van der Waals surface area contributed by atoms with E-state index in [4.69, 9.17) is 16.9 Å². The van der Waals surface area contributed by atoms with Crippen LogP contribution in [0.2, 0.25) is 5.02 Å². The predicted molar refractivity (Wildman–Crippen MR) is 65.8 cm³/mol. The molecule has 1 N–H and O–H groups in total. The van der Waals surface area contributed by atoms with Crippen molar-refractivity contribution < 1.29 is 8.78 Å². The first-order valence-corrected chi connectivity index (χ1v) is 5.39. The van der Waals surface area contributed by atoms with Gasteiger partial charge in [-0.1, -0.05) is 11.6 Å². The van der Waals surface area contributed by atoms with Gasteiger partial charge in [-0.3, -0.25) is 0 Å². The Hall–Kier alpha value is -2.12. The molecule has 0 saturated carbocycles. The van der Waals surface area contributed by atoms with E-state index < -0.39 is 11.6 Å². The van der Waals surface area contributed by atoms with Crippen molar-refractivity contribution in [2.75, 3.05) is 5.32 Å². The van der Waals surface area contributed by atoms with E-state index in [0.717, 1.165) is 6.07 Å². The number of hydrogen-bond acceptors (Lipinski definition) is 2. The molecule has 18 heavy (non-hydrogen) atoms. The van der Waals surface area contributed by atoms with Gasteiger partial charge in [-0.15, -0.1) is 0 Å². The Labute approximate surface area is 107 Å². The van der Waals surface area contributed by atoms with Crippen molar-refractivity contribution in [2.24, 2.45) is 0 Å². The number of anilines is 2. The topological polar surface area (TPSA) is 35.8 Å². The van der Waals surface area contributed by atoms with Gasteiger partial charge in [-0.2, -0.15) is 5.26 Å². The molecule has 0 aliphatic heterocycles. The van der Waals surface area contributed by atoms with Crippen LogP contribution in [-0.4, -0.2) is 0 Å². The summed E-state index contributed by atoms with van der Waals surface area (Å²) in [4.78, 5) is 0. The van der Waals surface area contributed by atoms with Gasteiger partial charge in [0, 0.05) is 5.69 Å². The van der Waals surface area contributed by atoms with Crippen LogP contribution in [0.25, 0.3) is 0 Å². The first kappa shape index (κ1) is 12.3. The molecule has 2 rings (SSSR count). The molecule has 0 aromatic heterocycles. The van der Waals surface area contributed by atoms with Crippen LogP contribution in [0.4, 0.5) is 20.2 Å². The van der Waals surface area contributed by atoms with Crippen molar-refractivity contribution in [1.82, 2.24) is 0 Å². The molecule has 0 aliphatic rings. The summed E-state index contributed by atoms with van der Waals surface area (Å²) in [5.41, 5.74) is 1.11. The third-order valence-electron chi connectivity index (χ3n) is 2.30. The highest BCUT2D eigenvalue weighted by Crippen LogP contribution is 2.25. The van der Waals surface area contributed by atoms with E-state index >= 15 is 0 Å². The fraction of sp³-hybridized carbons (Fsp3) is 0. The molecule has 0 saturated heterocycles. The number of rotatable bonds is 2. The van der Waals surface area contributed by atoms with Crippen molar-refractivity contribution in [3.05, 3.63) is 58.6 Å². The average Bonchev–Trinajstić information content (AvgIpc) is 2.36. The molecular weight excluding hydrogens is 258 g/mol. The van der Waals surface area contributed by atoms with Crippen molar-refractivity contribution in [1.29, 1.82) is 5.26 Å². The molecule has 2 aromatic carbocycles. The monoisotopic (exact) mass is 264 g/mol. The van der Waals surface area contributed by atoms with Gasteiger partial charge >= 0.3 is 0 Å². The maximum atomic E-state index is 13.0. The van der Waals surface area contributed by atoms with E-state index in [1.54, 1.807) is 0 Å². The Morgan fingerprint density at radius 2 is 1.89 bits per heavy atom. The molecule has 0 heterocycles. The van der Waals surface area contributed by atoms with Crippen LogP contribution in [0.5, 0.6) is 0 Å². The number of hydrogen-bond donors (Lipinski definition) is 1. The highest BCUT2D eigenvalue weighted by molar-refractivity contribution is 6.31. The Bertz CT molecular complexity index is 635. The van der Waals surface area contributed by atoms with Crippen LogP contribution in [0, 0.1) is 23.0 Å². The zero-order chi connectivity index (χ0) is 13.1. The molecule has 2 nitrogen and oxygen atoms in total. The lowest BCUT2D eigenvalue weighted by Crippen LogP contribution is -1.94. The van der Waals surface area contributed by atoms with E-state index in [1.165, 1.54) is 30.3 Å². The molecule has 0 unspecified atom stereocenters. The lowest BCUT2D eigenvalue weighted by Gasteiger charge is -2.08. The Morgan fingerprint density at radius 3 is 2.56 bits per heavy atom. The predicted octanol–water partition coefficient (Wildman–Crippen LogP) is 4.23. The van der Waals surface area contributed by atoms with Crippen molar-refractivity contribution in [2.45, 2.75) is 0 Å². The van der Waals surface area contributed by atoms with E-state index in [9.17, 15) is 8.78 Å². The largest absolute Gasteiger partial charge is 0.354 e. The number of nitrogens with one attached hydrogen (secondary N) is 1. The lowest BCUT2D eigenvalue weighted by atomic mass is 10.2. The lowest BCUT2D eigenvalue weighted by molar-refractivity contribution is 0.627. The second kappa shape index (κ2) is 5.03. The van der Waals surface area contributed by atoms with Gasteiger partial charge in [-0.25, -0.2) is 8.78 Å². The number of nitriles is 1. The molecule has 0 atom stereocenters. The van der Waals surface area contributed by atoms with Gasteiger partial charge in [0.1, 0.15) is 17.7 Å². The SMILES string of the molecule is N#Cc1cc(F)ccc1Nc1ccc(F)c(Cl)c1. The molecule has 90 valence electrons. The van der Waals surface area contributed by atoms with Crippen molar-refractivity contribution in [3.63, 3.8) is 0 Å². The number of nitrogens with zero attached hydrogens (tertiary/aromatic N) is 1. The van der Waals surface area contributed by atoms with Crippen molar-refractivity contribution >= 4 is 23.0 Å². The third kappa shape index (κ3) is 2.58. The molecular formula is C13H7ClF2N2. The third-order valence-corrected chi connectivity index (χ3v) is 2.59. The molecule has 0 spiro atoms. The summed E-state index contributed by atoms with van der Waals surface area (Å²) in [6.45, 7) is 0. The summed E-state index contributed by atoms with van der Waals surface area (Å²) in [7, 11) is 0. The fourth-order valence-corrected chi connectivity index (χ4v) is 1.63. The highest BCUT2D eigenvalue weighted by atomic mass is 35.5. The standard InChI is InChI=1S/C13H7ClF2N2/c14-11-6-10(2-3-12(11)16)18-13-4-1-9(15)5-8(13)7-17/h1-6,18H. The molecule has 0 fully saturated rings. The minimum absolute atomic E-state index is 0.0272. The summed E-state index contributed by atoms with van der Waals surface area (Å²) in [6, 6.07) is 9.73. The smallest absolute Gasteiger partial charge is 0.141 e. The maximum Gasteiger partial charge on any atom is 0.141 e. The number of halogens is 3. The second-order valence-corrected chi connectivity index (χ2v) is 3.96. The van der Waals surface area contributed by atoms with E-state index in [1.807, 2.05) is 6.07 Å². The first-order chi connectivity index (χ1) is 8.60. The van der Waals surface area contributed by atoms with E-state index in [-0.39, 0.29) is 10.6 Å². The van der Waals surface area contributed by atoms with Crippen molar-refractivity contribution in [3.8, 4) is 6.07 Å². The normalized spacial score (nSPS) is 9.89. The Kier molecular flexibility index (Phi) is 3.45. The maximum absolute atomic E-state index is 13.0. The van der Waals surface area contributed by atoms with Gasteiger partial charge < -0.3 is 5.32 Å². The second-order valence-electron chi connectivity index (χ2n) is 3.56. The molecule has 0 bridgehead atoms. The van der Waals surface area contributed by atoms with E-state index in [0.29, 0.717) is 11.4 Å².